The topological polar surface area (TPSA) is 84.6 Å². The van der Waals surface area contributed by atoms with Crippen molar-refractivity contribution in [3.05, 3.63) is 42.2 Å². The lowest BCUT2D eigenvalue weighted by molar-refractivity contribution is -0.274. The zero-order valence-corrected chi connectivity index (χ0v) is 13.6. The number of ether oxygens (including phenoxy) is 1. The first kappa shape index (κ1) is 17.8. The number of carbonyl (C=O) groups excluding carboxylic acids is 1. The Hall–Kier alpha value is -3.04. The van der Waals surface area contributed by atoms with Gasteiger partial charge in [0.05, 0.1) is 11.8 Å². The Morgan fingerprint density at radius 2 is 1.77 bits per heavy atom. The molecule has 138 valence electrons. The van der Waals surface area contributed by atoms with Crippen LogP contribution in [0.1, 0.15) is 10.4 Å². The van der Waals surface area contributed by atoms with Gasteiger partial charge in [-0.15, -0.1) is 13.2 Å². The van der Waals surface area contributed by atoms with Gasteiger partial charge < -0.3 is 20.3 Å². The molecule has 3 heterocycles. The van der Waals surface area contributed by atoms with Gasteiger partial charge in [0.1, 0.15) is 17.4 Å². The van der Waals surface area contributed by atoms with E-state index < -0.39 is 12.3 Å². The molecule has 1 aliphatic heterocycles. The molecule has 3 rings (SSSR count). The maximum atomic E-state index is 12.2. The van der Waals surface area contributed by atoms with Gasteiger partial charge in [-0.05, 0) is 24.3 Å². The van der Waals surface area contributed by atoms with E-state index in [0.29, 0.717) is 43.4 Å². The highest BCUT2D eigenvalue weighted by atomic mass is 19.4. The van der Waals surface area contributed by atoms with Crippen molar-refractivity contribution in [3.8, 4) is 5.75 Å². The molecular formula is C16H16F3N5O2. The standard InChI is InChI=1S/C16H16F3N5O2/c17-16(18,19)26-11-3-4-13(22-10-11)23-6-8-24(9-7-23)15-12(14(20)25)2-1-5-21-15/h1-5,10H,6-9H2,(H2,20,25). The second kappa shape index (κ2) is 7.06. The molecule has 0 aliphatic carbocycles. The van der Waals surface area contributed by atoms with Gasteiger partial charge in [-0.1, -0.05) is 0 Å². The number of anilines is 2. The molecule has 7 nitrogen and oxygen atoms in total. The lowest BCUT2D eigenvalue weighted by atomic mass is 10.2. The van der Waals surface area contributed by atoms with E-state index in [1.54, 1.807) is 18.3 Å². The Kier molecular flexibility index (Phi) is 4.83. The predicted molar refractivity (Wildman–Crippen MR) is 88.1 cm³/mol. The SMILES string of the molecule is NC(=O)c1cccnc1N1CCN(c2ccc(OC(F)(F)F)cn2)CC1. The van der Waals surface area contributed by atoms with E-state index in [1.807, 2.05) is 9.80 Å². The van der Waals surface area contributed by atoms with Crippen molar-refractivity contribution < 1.29 is 22.7 Å². The quantitative estimate of drug-likeness (QED) is 0.887. The number of nitrogens with zero attached hydrogens (tertiary/aromatic N) is 4. The minimum absolute atomic E-state index is 0.354. The number of primary amides is 1. The maximum absolute atomic E-state index is 12.2. The average Bonchev–Trinajstić information content (AvgIpc) is 2.61. The molecule has 0 unspecified atom stereocenters. The molecule has 2 aromatic heterocycles. The second-order valence-corrected chi connectivity index (χ2v) is 5.61. The van der Waals surface area contributed by atoms with Crippen LogP contribution in [0.25, 0.3) is 0 Å². The number of alkyl halides is 3. The predicted octanol–water partition coefficient (Wildman–Crippen LogP) is 1.80. The van der Waals surface area contributed by atoms with Crippen LogP contribution in [0, 0.1) is 0 Å². The summed E-state index contributed by atoms with van der Waals surface area (Å²) in [5, 5.41) is 0. The first-order valence-electron chi connectivity index (χ1n) is 7.80. The van der Waals surface area contributed by atoms with Crippen LogP contribution in [0.4, 0.5) is 24.8 Å². The summed E-state index contributed by atoms with van der Waals surface area (Å²) < 4.78 is 40.4. The van der Waals surface area contributed by atoms with Gasteiger partial charge in [-0.2, -0.15) is 0 Å². The van der Waals surface area contributed by atoms with Crippen LogP contribution in [0.3, 0.4) is 0 Å². The highest BCUT2D eigenvalue weighted by molar-refractivity contribution is 5.97. The summed E-state index contributed by atoms with van der Waals surface area (Å²) >= 11 is 0. The summed E-state index contributed by atoms with van der Waals surface area (Å²) in [6, 6.07) is 5.98. The van der Waals surface area contributed by atoms with Gasteiger partial charge >= 0.3 is 6.36 Å². The number of hydrogen-bond acceptors (Lipinski definition) is 6. The van der Waals surface area contributed by atoms with E-state index >= 15 is 0 Å². The van der Waals surface area contributed by atoms with Crippen molar-refractivity contribution in [2.24, 2.45) is 5.73 Å². The number of pyridine rings is 2. The molecule has 1 saturated heterocycles. The largest absolute Gasteiger partial charge is 0.573 e. The Morgan fingerprint density at radius 1 is 1.08 bits per heavy atom. The van der Waals surface area contributed by atoms with Gasteiger partial charge in [0.25, 0.3) is 5.91 Å². The second-order valence-electron chi connectivity index (χ2n) is 5.61. The molecule has 2 aromatic rings. The van der Waals surface area contributed by atoms with Gasteiger partial charge in [0, 0.05) is 32.4 Å². The summed E-state index contributed by atoms with van der Waals surface area (Å²) in [6.45, 7) is 2.28. The summed E-state index contributed by atoms with van der Waals surface area (Å²) in [7, 11) is 0. The molecule has 0 saturated carbocycles. The highest BCUT2D eigenvalue weighted by Gasteiger charge is 2.31. The highest BCUT2D eigenvalue weighted by Crippen LogP contribution is 2.25. The number of carbonyl (C=O) groups is 1. The maximum Gasteiger partial charge on any atom is 0.573 e. The summed E-state index contributed by atoms with van der Waals surface area (Å²) in [5.41, 5.74) is 5.73. The van der Waals surface area contributed by atoms with E-state index in [9.17, 15) is 18.0 Å². The van der Waals surface area contributed by atoms with E-state index in [-0.39, 0.29) is 5.75 Å². The fourth-order valence-electron chi connectivity index (χ4n) is 2.74. The lowest BCUT2D eigenvalue weighted by Crippen LogP contribution is -2.47. The summed E-state index contributed by atoms with van der Waals surface area (Å²) in [4.78, 5) is 23.7. The smallest absolute Gasteiger partial charge is 0.404 e. The number of amides is 1. The Labute approximate surface area is 147 Å². The van der Waals surface area contributed by atoms with Gasteiger partial charge in [-0.25, -0.2) is 9.97 Å². The number of halogens is 3. The fourth-order valence-corrected chi connectivity index (χ4v) is 2.74. The van der Waals surface area contributed by atoms with E-state index in [1.165, 1.54) is 12.1 Å². The molecule has 10 heteroatoms. The van der Waals surface area contributed by atoms with Crippen LogP contribution in [-0.4, -0.2) is 48.4 Å². The number of hydrogen-bond donors (Lipinski definition) is 1. The number of rotatable bonds is 4. The third kappa shape index (κ3) is 4.13. The van der Waals surface area contributed by atoms with Crippen molar-refractivity contribution in [1.82, 2.24) is 9.97 Å². The van der Waals surface area contributed by atoms with E-state index in [4.69, 9.17) is 5.73 Å². The van der Waals surface area contributed by atoms with Crippen molar-refractivity contribution in [2.75, 3.05) is 36.0 Å². The third-order valence-electron chi connectivity index (χ3n) is 3.91. The zero-order valence-electron chi connectivity index (χ0n) is 13.6. The molecule has 0 bridgehead atoms. The van der Waals surface area contributed by atoms with E-state index in [0.717, 1.165) is 6.20 Å². The van der Waals surface area contributed by atoms with Gasteiger partial charge in [0.15, 0.2) is 0 Å². The molecular weight excluding hydrogens is 351 g/mol. The minimum atomic E-state index is -4.74. The van der Waals surface area contributed by atoms with Crippen LogP contribution in [0.2, 0.25) is 0 Å². The molecule has 0 atom stereocenters. The van der Waals surface area contributed by atoms with Crippen molar-refractivity contribution in [2.45, 2.75) is 6.36 Å². The summed E-state index contributed by atoms with van der Waals surface area (Å²) in [6.07, 6.45) is -2.11. The molecule has 26 heavy (non-hydrogen) atoms. The van der Waals surface area contributed by atoms with Crippen LogP contribution in [-0.2, 0) is 0 Å². The molecule has 2 N–H and O–H groups in total. The van der Waals surface area contributed by atoms with Crippen molar-refractivity contribution >= 4 is 17.5 Å². The first-order valence-corrected chi connectivity index (χ1v) is 7.80. The molecule has 0 aromatic carbocycles. The van der Waals surface area contributed by atoms with Crippen LogP contribution in [0.15, 0.2) is 36.7 Å². The molecule has 1 amide bonds. The van der Waals surface area contributed by atoms with E-state index in [2.05, 4.69) is 14.7 Å². The molecule has 0 radical (unpaired) electrons. The first-order chi connectivity index (χ1) is 12.3. The summed E-state index contributed by atoms with van der Waals surface area (Å²) in [5.74, 6) is 0.175. The van der Waals surface area contributed by atoms with Gasteiger partial charge in [-0.3, -0.25) is 4.79 Å². The lowest BCUT2D eigenvalue weighted by Gasteiger charge is -2.36. The Morgan fingerprint density at radius 3 is 2.35 bits per heavy atom. The average molecular weight is 367 g/mol. The zero-order chi connectivity index (χ0) is 18.7. The monoisotopic (exact) mass is 367 g/mol. The molecule has 0 spiro atoms. The number of piperazine rings is 1. The van der Waals surface area contributed by atoms with Crippen LogP contribution in [0.5, 0.6) is 5.75 Å². The van der Waals surface area contributed by atoms with Crippen molar-refractivity contribution in [3.63, 3.8) is 0 Å². The third-order valence-corrected chi connectivity index (χ3v) is 3.91. The fraction of sp³-hybridized carbons (Fsp3) is 0.312. The Bertz CT molecular complexity index is 774. The number of aromatic nitrogens is 2. The molecule has 1 aliphatic rings. The van der Waals surface area contributed by atoms with Crippen LogP contribution < -0.4 is 20.3 Å². The minimum Gasteiger partial charge on any atom is -0.404 e. The van der Waals surface area contributed by atoms with Crippen LogP contribution >= 0.6 is 0 Å². The Balaban J connectivity index is 1.65. The van der Waals surface area contributed by atoms with Gasteiger partial charge in [0.2, 0.25) is 0 Å². The van der Waals surface area contributed by atoms with Crippen molar-refractivity contribution in [1.29, 1.82) is 0 Å². The number of nitrogens with two attached hydrogens (primary N) is 1. The molecule has 1 fully saturated rings. The normalized spacial score (nSPS) is 15.0.